The standard InChI is InChI=1S/C38H26Cl2N12O13S6/c39-33-45-35(41-17-3-1-4-20(13-17)68(54,55)56)49-37(47-33)43-24-14-18(7-10-28(24)70(60,61)62)42-36-46-34(40)48-38(50-36)44-25-15-19(66)11-16-12-26(67)30(31(53)29(16)25)52-51-23-9-8-21-22(32(23)71(63,64)65)5-2-6-27(21)69(57,58)59/h1-15,53,66-67H,(H,54,55,56)(H,57,58,59)(H,60,61,62)(H,63,64,65)(H2,41,43,45,47,49)(H2,42,44,46,48,50). The van der Waals surface area contributed by atoms with E-state index in [0.29, 0.717) is 10.3 Å². The summed E-state index contributed by atoms with van der Waals surface area (Å²) in [4.78, 5) is 22.2. The van der Waals surface area contributed by atoms with Crippen molar-refractivity contribution < 1.29 is 57.0 Å². The molecule has 0 fully saturated rings. The van der Waals surface area contributed by atoms with E-state index in [0.717, 1.165) is 42.5 Å². The van der Waals surface area contributed by atoms with E-state index in [1.807, 2.05) is 0 Å². The molecule has 0 saturated carbocycles. The van der Waals surface area contributed by atoms with Crippen LogP contribution < -0.4 is 21.3 Å². The lowest BCUT2D eigenvalue weighted by molar-refractivity contribution is 0.480. The molecule has 25 nitrogen and oxygen atoms in total. The van der Waals surface area contributed by atoms with Crippen LogP contribution in [0.15, 0.2) is 131 Å². The summed E-state index contributed by atoms with van der Waals surface area (Å²) >= 11 is 21.3. The van der Waals surface area contributed by atoms with E-state index in [4.69, 9.17) is 23.2 Å². The van der Waals surface area contributed by atoms with Crippen molar-refractivity contribution in [3.63, 3.8) is 0 Å². The van der Waals surface area contributed by atoms with Gasteiger partial charge in [0.1, 0.15) is 26.1 Å². The molecule has 0 atom stereocenters. The van der Waals surface area contributed by atoms with Crippen LogP contribution in [-0.2, 0) is 40.5 Å². The van der Waals surface area contributed by atoms with Gasteiger partial charge >= 0.3 is 0 Å². The van der Waals surface area contributed by atoms with E-state index < -0.39 is 76.8 Å². The van der Waals surface area contributed by atoms with Crippen molar-refractivity contribution >= 4 is 168 Å². The minimum absolute atomic E-state index is 0.0230. The molecule has 2 aromatic heterocycles. The zero-order valence-corrected chi connectivity index (χ0v) is 41.1. The predicted molar refractivity (Wildman–Crippen MR) is 263 cm³/mol. The van der Waals surface area contributed by atoms with Crippen molar-refractivity contribution in [2.24, 2.45) is 10.2 Å². The van der Waals surface area contributed by atoms with E-state index in [-0.39, 0.29) is 78.6 Å². The molecule has 0 saturated heterocycles. The topological polar surface area (TPSA) is 388 Å². The number of hydrogen-bond acceptors (Lipinski definition) is 23. The number of nitrogens with one attached hydrogen (secondary N) is 4. The Kier molecular flexibility index (Phi) is 13.7. The molecule has 0 unspecified atom stereocenters. The van der Waals surface area contributed by atoms with Crippen molar-refractivity contribution in [3.8, 4) is 5.75 Å². The maximum atomic E-state index is 12.6. The summed E-state index contributed by atoms with van der Waals surface area (Å²) in [6.45, 7) is 0. The Morgan fingerprint density at radius 1 is 0.521 bits per heavy atom. The van der Waals surface area contributed by atoms with Crippen molar-refractivity contribution in [2.45, 2.75) is 29.4 Å². The van der Waals surface area contributed by atoms with Crippen LogP contribution in [0, 0.1) is 0 Å². The summed E-state index contributed by atoms with van der Waals surface area (Å²) in [6.07, 6.45) is 0. The van der Waals surface area contributed by atoms with Gasteiger partial charge in [-0.05, 0) is 95.3 Å². The van der Waals surface area contributed by atoms with Gasteiger partial charge in [0.05, 0.1) is 16.3 Å². The molecule has 0 bridgehead atoms. The minimum atomic E-state index is -5.13. The van der Waals surface area contributed by atoms with Gasteiger partial charge in [-0.25, -0.2) is 0 Å². The Bertz CT molecular complexity index is 4050. The molecule has 366 valence electrons. The van der Waals surface area contributed by atoms with Crippen molar-refractivity contribution in [2.75, 3.05) is 21.3 Å². The van der Waals surface area contributed by atoms with E-state index in [2.05, 4.69) is 86.7 Å². The Morgan fingerprint density at radius 2 is 1.10 bits per heavy atom. The van der Waals surface area contributed by atoms with E-state index in [1.165, 1.54) is 42.5 Å². The number of aromatic nitrogens is 6. The van der Waals surface area contributed by atoms with Crippen LogP contribution in [0.5, 0.6) is 5.75 Å². The first kappa shape index (κ1) is 50.8. The number of phenolic OH excluding ortho intramolecular Hbond substituents is 1. The first-order chi connectivity index (χ1) is 33.2. The fourth-order valence-corrected chi connectivity index (χ4v) is 10.3. The molecule has 8 aromatic rings. The lowest BCUT2D eigenvalue weighted by Crippen LogP contribution is -2.09. The number of nitrogens with zero attached hydrogens (tertiary/aromatic N) is 8. The fourth-order valence-electron chi connectivity index (χ4n) is 6.74. The molecule has 33 heteroatoms. The Hall–Kier alpha value is -6.62. The summed E-state index contributed by atoms with van der Waals surface area (Å²) in [7, 11) is -19.5. The van der Waals surface area contributed by atoms with Gasteiger partial charge in [0.25, 0.3) is 40.5 Å². The van der Waals surface area contributed by atoms with Gasteiger partial charge in [-0.3, -0.25) is 18.2 Å². The number of hydrogen-bond donors (Lipinski definition) is 11. The SMILES string of the molecule is O=S(=O)(O)c1cccc(Nc2nc(Cl)nc(Nc3cc(Nc4nc(Cl)nc(Nc5cc(S)cc6cc(S)c(N=Nc7ccc8c(S(=O)(=O)O)cccc8c7S(=O)(=O)O)c(O)c56)n4)ccc3S(=O)(=O)O)n2)c1. The average Bonchev–Trinajstić information content (AvgIpc) is 3.24. The van der Waals surface area contributed by atoms with Crippen LogP contribution in [-0.4, -0.2) is 86.9 Å². The zero-order valence-electron chi connectivity index (χ0n) is 34.5. The number of azo groups is 1. The summed E-state index contributed by atoms with van der Waals surface area (Å²) < 4.78 is 137. The number of anilines is 8. The zero-order chi connectivity index (χ0) is 51.4. The van der Waals surface area contributed by atoms with Crippen molar-refractivity contribution in [3.05, 3.63) is 102 Å². The highest BCUT2D eigenvalue weighted by atomic mass is 35.5. The van der Waals surface area contributed by atoms with Crippen LogP contribution >= 0.6 is 48.5 Å². The summed E-state index contributed by atoms with van der Waals surface area (Å²) in [5.74, 6) is -1.66. The van der Waals surface area contributed by atoms with Crippen LogP contribution in [0.2, 0.25) is 10.6 Å². The number of thiol groups is 2. The molecule has 71 heavy (non-hydrogen) atoms. The van der Waals surface area contributed by atoms with Gasteiger partial charge in [-0.15, -0.1) is 35.5 Å². The van der Waals surface area contributed by atoms with E-state index >= 15 is 0 Å². The largest absolute Gasteiger partial charge is 0.505 e. The first-order valence-electron chi connectivity index (χ1n) is 19.0. The van der Waals surface area contributed by atoms with Crippen LogP contribution in [0.1, 0.15) is 0 Å². The molecule has 6 aromatic carbocycles. The van der Waals surface area contributed by atoms with Gasteiger partial charge < -0.3 is 26.4 Å². The smallest absolute Gasteiger partial charge is 0.297 e. The molecular formula is C38H26Cl2N12O13S6. The molecule has 0 spiro atoms. The molecule has 8 rings (SSSR count). The van der Waals surface area contributed by atoms with Crippen LogP contribution in [0.3, 0.4) is 0 Å². The molecule has 0 aliphatic heterocycles. The maximum Gasteiger partial charge on any atom is 0.297 e. The van der Waals surface area contributed by atoms with Crippen LogP contribution in [0.25, 0.3) is 21.5 Å². The second kappa shape index (κ2) is 19.2. The van der Waals surface area contributed by atoms with Crippen LogP contribution in [0.4, 0.5) is 57.9 Å². The monoisotopic (exact) mass is 1120 g/mol. The van der Waals surface area contributed by atoms with Gasteiger partial charge in [0.2, 0.25) is 34.4 Å². The lowest BCUT2D eigenvalue weighted by Gasteiger charge is -2.15. The number of aromatic hydroxyl groups is 1. The highest BCUT2D eigenvalue weighted by molar-refractivity contribution is 7.87. The third-order valence-electron chi connectivity index (χ3n) is 9.51. The number of phenols is 1. The first-order valence-corrected chi connectivity index (χ1v) is 26.4. The second-order valence-corrected chi connectivity index (χ2v) is 21.5. The average molecular weight is 1120 g/mol. The van der Waals surface area contributed by atoms with Gasteiger partial charge in [-0.1, -0.05) is 24.3 Å². The van der Waals surface area contributed by atoms with E-state index in [1.54, 1.807) is 6.07 Å². The summed E-state index contributed by atoms with van der Waals surface area (Å²) in [5.41, 5.74) is -0.845. The summed E-state index contributed by atoms with van der Waals surface area (Å²) in [6, 6.07) is 18.3. The number of halogens is 2. The molecule has 0 amide bonds. The fraction of sp³-hybridized carbons (Fsp3) is 0. The number of benzene rings is 6. The Labute approximate surface area is 420 Å². The maximum absolute atomic E-state index is 12.6. The molecule has 0 aliphatic rings. The summed E-state index contributed by atoms with van der Waals surface area (Å²) in [5, 5.41) is 29.8. The Morgan fingerprint density at radius 3 is 1.69 bits per heavy atom. The normalized spacial score (nSPS) is 12.4. The minimum Gasteiger partial charge on any atom is -0.505 e. The highest BCUT2D eigenvalue weighted by Gasteiger charge is 2.25. The van der Waals surface area contributed by atoms with Gasteiger partial charge in [0.15, 0.2) is 5.75 Å². The Balaban J connectivity index is 1.11. The van der Waals surface area contributed by atoms with Crippen molar-refractivity contribution in [1.82, 2.24) is 29.9 Å². The molecule has 0 aliphatic carbocycles. The van der Waals surface area contributed by atoms with Gasteiger partial charge in [-0.2, -0.15) is 63.6 Å². The second-order valence-electron chi connectivity index (χ2n) is 14.3. The number of fused-ring (bicyclic) bond motifs is 2. The van der Waals surface area contributed by atoms with Crippen molar-refractivity contribution in [1.29, 1.82) is 0 Å². The van der Waals surface area contributed by atoms with E-state index in [9.17, 15) is 57.0 Å². The molecule has 0 radical (unpaired) electrons. The lowest BCUT2D eigenvalue weighted by atomic mass is 10.1. The molecular weight excluding hydrogens is 1100 g/mol. The van der Waals surface area contributed by atoms with Gasteiger partial charge in [0, 0.05) is 37.3 Å². The molecule has 9 N–H and O–H groups in total. The highest BCUT2D eigenvalue weighted by Crippen LogP contribution is 2.46. The predicted octanol–water partition coefficient (Wildman–Crippen LogP) is 8.33. The molecule has 2 heterocycles. The number of rotatable bonds is 14. The third-order valence-corrected chi connectivity index (χ3v) is 14.1. The third kappa shape index (κ3) is 11.5. The quantitative estimate of drug-likeness (QED) is 0.0277.